The van der Waals surface area contributed by atoms with E-state index in [4.69, 9.17) is 16.3 Å². The van der Waals surface area contributed by atoms with Crippen molar-refractivity contribution in [3.8, 4) is 5.75 Å². The summed E-state index contributed by atoms with van der Waals surface area (Å²) in [6.07, 6.45) is 3.07. The first-order chi connectivity index (χ1) is 8.78. The summed E-state index contributed by atoms with van der Waals surface area (Å²) in [7, 11) is 0. The van der Waals surface area contributed by atoms with Crippen LogP contribution in [0.15, 0.2) is 24.3 Å². The molecule has 2 N–H and O–H groups in total. The molecule has 4 nitrogen and oxygen atoms in total. The predicted molar refractivity (Wildman–Crippen MR) is 76.4 cm³/mol. The Bertz CT molecular complexity index is 478. The normalized spacial score (nSPS) is 11.6. The molecule has 0 spiro atoms. The molecule has 0 aromatic heterocycles. The molecule has 0 unspecified atom stereocenters. The summed E-state index contributed by atoms with van der Waals surface area (Å²) in [6.45, 7) is 5.76. The maximum absolute atomic E-state index is 11.3. The molecule has 0 aliphatic carbocycles. The molecule has 0 heterocycles. The first-order valence-electron chi connectivity index (χ1n) is 5.90. The molecule has 0 aliphatic rings. The Morgan fingerprint density at radius 1 is 1.47 bits per heavy atom. The van der Waals surface area contributed by atoms with E-state index >= 15 is 0 Å². The molecular weight excluding hydrogens is 266 g/mol. The van der Waals surface area contributed by atoms with E-state index < -0.39 is 11.7 Å². The number of halogens is 1. The largest absolute Gasteiger partial charge is 0.506 e. The average molecular weight is 284 g/mol. The third-order valence-electron chi connectivity index (χ3n) is 2.04. The van der Waals surface area contributed by atoms with Crippen LogP contribution in [0, 0.1) is 0 Å². The van der Waals surface area contributed by atoms with Crippen molar-refractivity contribution in [2.24, 2.45) is 0 Å². The topological polar surface area (TPSA) is 58.6 Å². The molecule has 1 aromatic rings. The van der Waals surface area contributed by atoms with Crippen LogP contribution in [0.3, 0.4) is 0 Å². The Labute approximate surface area is 118 Å². The van der Waals surface area contributed by atoms with Gasteiger partial charge in [0.2, 0.25) is 0 Å². The number of hydrogen-bond acceptors (Lipinski definition) is 3. The minimum absolute atomic E-state index is 0.0314. The number of carbonyl (C=O) groups is 1. The van der Waals surface area contributed by atoms with Crippen LogP contribution in [0.2, 0.25) is 5.02 Å². The summed E-state index contributed by atoms with van der Waals surface area (Å²) < 4.78 is 5.08. The lowest BCUT2D eigenvalue weighted by atomic mass is 10.2. The summed E-state index contributed by atoms with van der Waals surface area (Å²) in [5, 5.41) is 12.3. The van der Waals surface area contributed by atoms with Crippen LogP contribution in [0.4, 0.5) is 4.79 Å². The number of alkyl carbamates (subject to hydrolysis) is 1. The fourth-order valence-corrected chi connectivity index (χ4v) is 1.40. The monoisotopic (exact) mass is 283 g/mol. The number of carbonyl (C=O) groups excluding carboxylic acids is 1. The summed E-state index contributed by atoms with van der Waals surface area (Å²) in [6, 6.07) is 4.93. The predicted octanol–water partition coefficient (Wildman–Crippen LogP) is 3.58. The van der Waals surface area contributed by atoms with Gasteiger partial charge in [0.05, 0.1) is 5.02 Å². The highest BCUT2D eigenvalue weighted by molar-refractivity contribution is 6.32. The second kappa shape index (κ2) is 6.48. The van der Waals surface area contributed by atoms with Crippen LogP contribution < -0.4 is 5.32 Å². The lowest BCUT2D eigenvalue weighted by molar-refractivity contribution is 0.0534. The summed E-state index contributed by atoms with van der Waals surface area (Å²) >= 11 is 5.70. The molecule has 5 heteroatoms. The van der Waals surface area contributed by atoms with Crippen LogP contribution in [-0.2, 0) is 4.74 Å². The number of hydrogen-bond donors (Lipinski definition) is 2. The zero-order valence-corrected chi connectivity index (χ0v) is 12.0. The third kappa shape index (κ3) is 6.15. The Kier molecular flexibility index (Phi) is 5.24. The molecule has 104 valence electrons. The lowest BCUT2D eigenvalue weighted by Crippen LogP contribution is -2.32. The maximum Gasteiger partial charge on any atom is 0.407 e. The maximum atomic E-state index is 11.3. The summed E-state index contributed by atoms with van der Waals surface area (Å²) in [4.78, 5) is 11.3. The smallest absolute Gasteiger partial charge is 0.407 e. The van der Waals surface area contributed by atoms with Gasteiger partial charge in [-0.3, -0.25) is 0 Å². The number of phenolic OH excluding ortho intramolecular Hbond substituents is 1. The van der Waals surface area contributed by atoms with E-state index in [1.54, 1.807) is 51.1 Å². The van der Waals surface area contributed by atoms with Crippen molar-refractivity contribution in [3.63, 3.8) is 0 Å². The van der Waals surface area contributed by atoms with E-state index in [0.29, 0.717) is 11.6 Å². The second-order valence-corrected chi connectivity index (χ2v) is 5.40. The Morgan fingerprint density at radius 3 is 2.74 bits per heavy atom. The number of amides is 1. The van der Waals surface area contributed by atoms with E-state index in [9.17, 15) is 9.90 Å². The van der Waals surface area contributed by atoms with Gasteiger partial charge in [-0.15, -0.1) is 0 Å². The van der Waals surface area contributed by atoms with Crippen molar-refractivity contribution in [1.82, 2.24) is 5.32 Å². The Balaban J connectivity index is 2.42. The lowest BCUT2D eigenvalue weighted by Gasteiger charge is -2.19. The molecule has 0 radical (unpaired) electrons. The average Bonchev–Trinajstić information content (AvgIpc) is 2.27. The van der Waals surface area contributed by atoms with Crippen molar-refractivity contribution in [2.75, 3.05) is 6.54 Å². The number of benzene rings is 1. The Morgan fingerprint density at radius 2 is 2.16 bits per heavy atom. The number of nitrogens with one attached hydrogen (secondary N) is 1. The summed E-state index contributed by atoms with van der Waals surface area (Å²) in [5.74, 6) is 0.0314. The molecule has 0 bridgehead atoms. The quantitative estimate of drug-likeness (QED) is 0.891. The van der Waals surface area contributed by atoms with Gasteiger partial charge >= 0.3 is 6.09 Å². The first-order valence-corrected chi connectivity index (χ1v) is 6.27. The Hall–Kier alpha value is -1.68. The minimum atomic E-state index is -0.504. The molecule has 0 aliphatic heterocycles. The number of rotatable bonds is 3. The van der Waals surface area contributed by atoms with Gasteiger partial charge in [0.1, 0.15) is 11.4 Å². The molecule has 1 aromatic carbocycles. The highest BCUT2D eigenvalue weighted by Crippen LogP contribution is 2.24. The van der Waals surface area contributed by atoms with Crippen LogP contribution >= 0.6 is 11.6 Å². The molecule has 0 fully saturated rings. The zero-order valence-electron chi connectivity index (χ0n) is 11.2. The van der Waals surface area contributed by atoms with Gasteiger partial charge in [-0.1, -0.05) is 29.8 Å². The van der Waals surface area contributed by atoms with Crippen molar-refractivity contribution < 1.29 is 14.6 Å². The van der Waals surface area contributed by atoms with E-state index in [0.717, 1.165) is 5.56 Å². The molecular formula is C14H18ClNO3. The SMILES string of the molecule is CC(C)(C)OC(=O)NCC=Cc1ccc(Cl)c(O)c1. The van der Waals surface area contributed by atoms with E-state index in [-0.39, 0.29) is 5.75 Å². The van der Waals surface area contributed by atoms with Crippen molar-refractivity contribution in [3.05, 3.63) is 34.9 Å². The van der Waals surface area contributed by atoms with Crippen LogP contribution in [0.5, 0.6) is 5.75 Å². The molecule has 1 amide bonds. The fourth-order valence-electron chi connectivity index (χ4n) is 1.28. The molecule has 1 rings (SSSR count). The first kappa shape index (κ1) is 15.4. The summed E-state index contributed by atoms with van der Waals surface area (Å²) in [5.41, 5.74) is 0.295. The highest BCUT2D eigenvalue weighted by atomic mass is 35.5. The molecule has 19 heavy (non-hydrogen) atoms. The van der Waals surface area contributed by atoms with Gasteiger partial charge in [0.25, 0.3) is 0 Å². The van der Waals surface area contributed by atoms with E-state index in [1.807, 2.05) is 0 Å². The van der Waals surface area contributed by atoms with Crippen molar-refractivity contribution >= 4 is 23.8 Å². The third-order valence-corrected chi connectivity index (χ3v) is 2.36. The van der Waals surface area contributed by atoms with E-state index in [1.165, 1.54) is 0 Å². The standard InChI is InChI=1S/C14H18ClNO3/c1-14(2,3)19-13(18)16-8-4-5-10-6-7-11(15)12(17)9-10/h4-7,9,17H,8H2,1-3H3,(H,16,18). The number of aromatic hydroxyl groups is 1. The van der Waals surface area contributed by atoms with Crippen molar-refractivity contribution in [2.45, 2.75) is 26.4 Å². The molecule has 0 saturated carbocycles. The van der Waals surface area contributed by atoms with Gasteiger partial charge in [-0.05, 0) is 38.5 Å². The van der Waals surface area contributed by atoms with Crippen LogP contribution in [-0.4, -0.2) is 23.3 Å². The number of ether oxygens (including phenoxy) is 1. The van der Waals surface area contributed by atoms with Gasteiger partial charge in [-0.2, -0.15) is 0 Å². The van der Waals surface area contributed by atoms with Crippen molar-refractivity contribution in [1.29, 1.82) is 0 Å². The second-order valence-electron chi connectivity index (χ2n) is 5.00. The highest BCUT2D eigenvalue weighted by Gasteiger charge is 2.14. The van der Waals surface area contributed by atoms with Gasteiger partial charge in [0.15, 0.2) is 0 Å². The van der Waals surface area contributed by atoms with Crippen LogP contribution in [0.25, 0.3) is 6.08 Å². The molecule has 0 atom stereocenters. The fraction of sp³-hybridized carbons (Fsp3) is 0.357. The van der Waals surface area contributed by atoms with E-state index in [2.05, 4.69) is 5.32 Å². The van der Waals surface area contributed by atoms with Gasteiger partial charge < -0.3 is 15.2 Å². The minimum Gasteiger partial charge on any atom is -0.506 e. The molecule has 0 saturated heterocycles. The van der Waals surface area contributed by atoms with Gasteiger partial charge in [0, 0.05) is 6.54 Å². The zero-order chi connectivity index (χ0) is 14.5. The van der Waals surface area contributed by atoms with Gasteiger partial charge in [-0.25, -0.2) is 4.79 Å². The van der Waals surface area contributed by atoms with Crippen LogP contribution in [0.1, 0.15) is 26.3 Å². The number of phenols is 1.